The molecule has 0 aliphatic rings. The molecule has 2 N–H and O–H groups in total. The minimum absolute atomic E-state index is 0.689. The van der Waals surface area contributed by atoms with Gasteiger partial charge in [-0.1, -0.05) is 25.1 Å². The van der Waals surface area contributed by atoms with Crippen LogP contribution >= 0.6 is 0 Å². The second-order valence-corrected chi connectivity index (χ2v) is 8.70. The van der Waals surface area contributed by atoms with E-state index in [1.165, 1.54) is 0 Å². The van der Waals surface area contributed by atoms with Gasteiger partial charge in [-0.15, -0.1) is 5.54 Å². The highest BCUT2D eigenvalue weighted by Gasteiger charge is 2.26. The lowest BCUT2D eigenvalue weighted by Crippen LogP contribution is -2.35. The molecule has 1 aromatic carbocycles. The number of benzene rings is 1. The van der Waals surface area contributed by atoms with Crippen LogP contribution in [0.15, 0.2) is 24.3 Å². The van der Waals surface area contributed by atoms with E-state index in [1.54, 1.807) is 13.0 Å². The zero-order valence-corrected chi connectivity index (χ0v) is 10.3. The predicted octanol–water partition coefficient (Wildman–Crippen LogP) is 2.77. The quantitative estimate of drug-likeness (QED) is 0.440. The summed E-state index contributed by atoms with van der Waals surface area (Å²) in [4.78, 5) is 0. The highest BCUT2D eigenvalue weighted by Crippen LogP contribution is 2.11. The molecule has 0 bridgehead atoms. The topological polar surface area (TPSA) is 26.0 Å². The molecule has 0 aliphatic heterocycles. The van der Waals surface area contributed by atoms with Gasteiger partial charge in [0.1, 0.15) is 5.79 Å². The van der Waals surface area contributed by atoms with Crippen molar-refractivity contribution in [1.82, 2.24) is 0 Å². The predicted molar refractivity (Wildman–Crippen MR) is 65.8 cm³/mol. The van der Waals surface area contributed by atoms with E-state index < -0.39 is 13.9 Å². The Kier molecular flexibility index (Phi) is 3.54. The third-order valence-electron chi connectivity index (χ3n) is 2.41. The van der Waals surface area contributed by atoms with E-state index in [-0.39, 0.29) is 0 Å². The smallest absolute Gasteiger partial charge is 0.169 e. The zero-order valence-electron chi connectivity index (χ0n) is 9.34. The van der Waals surface area contributed by atoms with Crippen LogP contribution in [-0.4, -0.2) is 13.9 Å². The van der Waals surface area contributed by atoms with Gasteiger partial charge in [-0.3, -0.25) is 4.39 Å². The van der Waals surface area contributed by atoms with Crippen LogP contribution in [0.5, 0.6) is 0 Å². The number of hydrogen-bond acceptors (Lipinski definition) is 1. The maximum absolute atomic E-state index is 13.2. The van der Waals surface area contributed by atoms with E-state index in [9.17, 15) is 4.39 Å². The van der Waals surface area contributed by atoms with Gasteiger partial charge in [0, 0.05) is 11.3 Å². The first-order chi connectivity index (χ1) is 6.92. The lowest BCUT2D eigenvalue weighted by Gasteiger charge is -2.15. The lowest BCUT2D eigenvalue weighted by molar-refractivity contribution is 0.459. The molecular weight excluding hydrogens is 205 g/mol. The van der Waals surface area contributed by atoms with E-state index in [0.717, 1.165) is 5.56 Å². The molecule has 0 aromatic heterocycles. The number of hydrogen-bond donors (Lipinski definition) is 1. The number of nitrogens with two attached hydrogens (primary N) is 1. The van der Waals surface area contributed by atoms with Crippen molar-refractivity contribution in [3.8, 4) is 11.5 Å². The van der Waals surface area contributed by atoms with Crippen LogP contribution in [-0.2, 0) is 0 Å². The number of anilines is 1. The Morgan fingerprint density at radius 2 is 2.07 bits per heavy atom. The van der Waals surface area contributed by atoms with E-state index in [4.69, 9.17) is 5.73 Å². The SMILES string of the molecule is CC(F)[Si](C)(C)C#Cc1cccc(N)c1. The summed E-state index contributed by atoms with van der Waals surface area (Å²) in [7, 11) is -2.05. The first kappa shape index (κ1) is 11.8. The average molecular weight is 221 g/mol. The van der Waals surface area contributed by atoms with Gasteiger partial charge in [0.25, 0.3) is 0 Å². The van der Waals surface area contributed by atoms with Crippen molar-refractivity contribution in [1.29, 1.82) is 0 Å². The van der Waals surface area contributed by atoms with Crippen LogP contribution in [0.3, 0.4) is 0 Å². The molecule has 15 heavy (non-hydrogen) atoms. The van der Waals surface area contributed by atoms with Crippen molar-refractivity contribution in [3.05, 3.63) is 29.8 Å². The van der Waals surface area contributed by atoms with Gasteiger partial charge in [-0.25, -0.2) is 0 Å². The third kappa shape index (κ3) is 3.41. The maximum Gasteiger partial charge on any atom is 0.169 e. The van der Waals surface area contributed by atoms with E-state index >= 15 is 0 Å². The number of halogens is 1. The summed E-state index contributed by atoms with van der Waals surface area (Å²) in [6.45, 7) is 5.44. The molecule has 1 atom stereocenters. The number of rotatable bonds is 1. The van der Waals surface area contributed by atoms with Gasteiger partial charge < -0.3 is 5.73 Å². The Bertz CT molecular complexity index is 402. The number of nitrogen functional groups attached to an aromatic ring is 1. The Morgan fingerprint density at radius 1 is 1.40 bits per heavy atom. The van der Waals surface area contributed by atoms with Crippen molar-refractivity contribution in [2.75, 3.05) is 5.73 Å². The molecule has 0 fully saturated rings. The van der Waals surface area contributed by atoms with Crippen LogP contribution in [0.4, 0.5) is 10.1 Å². The van der Waals surface area contributed by atoms with Crippen molar-refractivity contribution in [2.24, 2.45) is 0 Å². The van der Waals surface area contributed by atoms with Crippen LogP contribution in [0.25, 0.3) is 0 Å². The molecule has 0 radical (unpaired) electrons. The largest absolute Gasteiger partial charge is 0.399 e. The van der Waals surface area contributed by atoms with Crippen LogP contribution < -0.4 is 5.73 Å². The summed E-state index contributed by atoms with van der Waals surface area (Å²) in [5.74, 6) is 2.18. The average Bonchev–Trinajstić information content (AvgIpc) is 2.15. The Balaban J connectivity index is 2.91. The summed E-state index contributed by atoms with van der Waals surface area (Å²) in [6.07, 6.45) is 0. The second kappa shape index (κ2) is 4.50. The first-order valence-electron chi connectivity index (χ1n) is 4.94. The fraction of sp³-hybridized carbons (Fsp3) is 0.333. The fourth-order valence-corrected chi connectivity index (χ4v) is 1.61. The second-order valence-electron chi connectivity index (χ2n) is 4.21. The fourth-order valence-electron chi connectivity index (χ4n) is 0.949. The van der Waals surface area contributed by atoms with Crippen molar-refractivity contribution in [2.45, 2.75) is 25.8 Å². The monoisotopic (exact) mass is 221 g/mol. The first-order valence-corrected chi connectivity index (χ1v) is 8.02. The molecule has 1 rings (SSSR count). The molecular formula is C12H16FNSi. The summed E-state index contributed by atoms with van der Waals surface area (Å²) >= 11 is 0. The van der Waals surface area contributed by atoms with Gasteiger partial charge in [0.05, 0.1) is 0 Å². The lowest BCUT2D eigenvalue weighted by atomic mass is 10.2. The van der Waals surface area contributed by atoms with E-state index in [1.807, 2.05) is 31.3 Å². The summed E-state index contributed by atoms with van der Waals surface area (Å²) in [6, 6.07) is 7.36. The van der Waals surface area contributed by atoms with Crippen LogP contribution in [0, 0.1) is 11.5 Å². The Labute approximate surface area is 91.5 Å². The highest BCUT2D eigenvalue weighted by molar-refractivity contribution is 6.86. The minimum atomic E-state index is -2.05. The maximum atomic E-state index is 13.2. The molecule has 1 aromatic rings. The standard InChI is InChI=1S/C12H16FNSi/c1-10(13)15(2,3)8-7-11-5-4-6-12(14)9-11/h4-6,9-10H,14H2,1-3H3. The van der Waals surface area contributed by atoms with Gasteiger partial charge in [-0.2, -0.15) is 0 Å². The molecule has 1 unspecified atom stereocenters. The summed E-state index contributed by atoms with van der Waals surface area (Å²) in [5.41, 5.74) is 10.2. The zero-order chi connectivity index (χ0) is 11.5. The molecule has 3 heteroatoms. The molecule has 0 heterocycles. The highest BCUT2D eigenvalue weighted by atomic mass is 28.3. The van der Waals surface area contributed by atoms with Gasteiger partial charge in [0.2, 0.25) is 0 Å². The molecule has 0 saturated heterocycles. The Morgan fingerprint density at radius 3 is 2.60 bits per heavy atom. The molecule has 1 nitrogen and oxygen atoms in total. The van der Waals surface area contributed by atoms with Crippen molar-refractivity contribution in [3.63, 3.8) is 0 Å². The van der Waals surface area contributed by atoms with Gasteiger partial charge in [0.15, 0.2) is 8.07 Å². The molecule has 0 saturated carbocycles. The van der Waals surface area contributed by atoms with Crippen molar-refractivity contribution >= 4 is 13.8 Å². The Hall–Kier alpha value is -1.27. The summed E-state index contributed by atoms with van der Waals surface area (Å²) < 4.78 is 13.2. The molecule has 0 aliphatic carbocycles. The third-order valence-corrected chi connectivity index (χ3v) is 5.17. The molecule has 0 amide bonds. The van der Waals surface area contributed by atoms with E-state index in [0.29, 0.717) is 5.69 Å². The van der Waals surface area contributed by atoms with Crippen LogP contribution in [0.2, 0.25) is 13.1 Å². The molecule has 80 valence electrons. The number of alkyl halides is 1. The van der Waals surface area contributed by atoms with Gasteiger partial charge in [-0.05, 0) is 25.1 Å². The van der Waals surface area contributed by atoms with Crippen molar-refractivity contribution < 1.29 is 4.39 Å². The van der Waals surface area contributed by atoms with Gasteiger partial charge >= 0.3 is 0 Å². The van der Waals surface area contributed by atoms with Crippen LogP contribution in [0.1, 0.15) is 12.5 Å². The summed E-state index contributed by atoms with van der Waals surface area (Å²) in [5, 5.41) is 0. The normalized spacial score (nSPS) is 12.8. The molecule has 0 spiro atoms. The van der Waals surface area contributed by atoms with E-state index in [2.05, 4.69) is 11.5 Å². The minimum Gasteiger partial charge on any atom is -0.399 e.